The highest BCUT2D eigenvalue weighted by Crippen LogP contribution is 2.27. The Labute approximate surface area is 124 Å². The topological polar surface area (TPSA) is 35.5 Å². The van der Waals surface area contributed by atoms with E-state index in [9.17, 15) is 4.79 Å². The summed E-state index contributed by atoms with van der Waals surface area (Å²) < 4.78 is 10.2. The summed E-state index contributed by atoms with van der Waals surface area (Å²) in [4.78, 5) is 11.4. The maximum atomic E-state index is 11.4. The molecule has 0 unspecified atom stereocenters. The summed E-state index contributed by atoms with van der Waals surface area (Å²) in [5.74, 6) is 0.467. The van der Waals surface area contributed by atoms with Crippen molar-refractivity contribution in [2.75, 3.05) is 13.7 Å². The lowest BCUT2D eigenvalue weighted by Crippen LogP contribution is -1.98. The predicted molar refractivity (Wildman–Crippen MR) is 84.1 cm³/mol. The molecule has 2 aromatic rings. The number of benzene rings is 2. The van der Waals surface area contributed by atoms with Crippen LogP contribution in [0.15, 0.2) is 54.6 Å². The van der Waals surface area contributed by atoms with Crippen molar-refractivity contribution in [2.24, 2.45) is 0 Å². The van der Waals surface area contributed by atoms with Gasteiger partial charge in [0.05, 0.1) is 13.7 Å². The van der Waals surface area contributed by atoms with E-state index in [1.807, 2.05) is 48.5 Å². The normalized spacial score (nSPS) is 10.6. The van der Waals surface area contributed by atoms with Crippen molar-refractivity contribution < 1.29 is 14.3 Å². The molecule has 0 fully saturated rings. The molecule has 0 spiro atoms. The molecule has 0 radical (unpaired) electrons. The highest BCUT2D eigenvalue weighted by molar-refractivity contribution is 5.89. The molecule has 0 saturated heterocycles. The number of rotatable bonds is 5. The fourth-order valence-electron chi connectivity index (χ4n) is 2.04. The van der Waals surface area contributed by atoms with Gasteiger partial charge in [0.2, 0.25) is 0 Å². The van der Waals surface area contributed by atoms with Gasteiger partial charge in [0.25, 0.3) is 0 Å². The number of carbonyl (C=O) groups excluding carboxylic acids is 1. The Kier molecular flexibility index (Phi) is 5.16. The van der Waals surface area contributed by atoms with Crippen LogP contribution in [0.4, 0.5) is 0 Å². The van der Waals surface area contributed by atoms with Crippen molar-refractivity contribution >= 4 is 12.0 Å². The maximum Gasteiger partial charge on any atom is 0.330 e. The molecule has 0 heterocycles. The molecule has 108 valence electrons. The molecule has 0 atom stereocenters. The highest BCUT2D eigenvalue weighted by Gasteiger charge is 2.04. The third-order valence-corrected chi connectivity index (χ3v) is 3.03. The number of esters is 1. The Balaban J connectivity index is 2.34. The van der Waals surface area contributed by atoms with Gasteiger partial charge >= 0.3 is 5.97 Å². The maximum absolute atomic E-state index is 11.4. The van der Waals surface area contributed by atoms with Crippen LogP contribution in [-0.4, -0.2) is 19.7 Å². The predicted octanol–water partition coefficient (Wildman–Crippen LogP) is 3.94. The first-order chi connectivity index (χ1) is 10.2. The van der Waals surface area contributed by atoms with Crippen LogP contribution in [0.1, 0.15) is 12.5 Å². The minimum Gasteiger partial charge on any atom is -0.497 e. The average molecular weight is 282 g/mol. The smallest absolute Gasteiger partial charge is 0.330 e. The first kappa shape index (κ1) is 14.9. The van der Waals surface area contributed by atoms with Gasteiger partial charge in [-0.05, 0) is 41.8 Å². The van der Waals surface area contributed by atoms with Gasteiger partial charge in [-0.1, -0.05) is 36.4 Å². The summed E-state index contributed by atoms with van der Waals surface area (Å²) in [6.45, 7) is 2.16. The quantitative estimate of drug-likeness (QED) is 0.615. The Hall–Kier alpha value is -2.55. The minimum atomic E-state index is -0.335. The van der Waals surface area contributed by atoms with Crippen LogP contribution >= 0.6 is 0 Å². The molecule has 0 aliphatic carbocycles. The van der Waals surface area contributed by atoms with E-state index in [4.69, 9.17) is 9.47 Å². The number of hydrogen-bond donors (Lipinski definition) is 0. The standard InChI is InChI=1S/C18H18O3/c1-3-21-18(19)12-11-14-7-4-5-10-17(14)15-8-6-9-16(13-15)20-2/h4-13H,3H2,1-2H3/b12-11+. The number of carbonyl (C=O) groups is 1. The van der Waals surface area contributed by atoms with Crippen molar-refractivity contribution in [2.45, 2.75) is 6.92 Å². The second-order valence-corrected chi connectivity index (χ2v) is 4.40. The van der Waals surface area contributed by atoms with Crippen LogP contribution in [0.3, 0.4) is 0 Å². The van der Waals surface area contributed by atoms with Crippen LogP contribution in [0.2, 0.25) is 0 Å². The average Bonchev–Trinajstić information content (AvgIpc) is 2.53. The van der Waals surface area contributed by atoms with Gasteiger partial charge in [-0.2, -0.15) is 0 Å². The second-order valence-electron chi connectivity index (χ2n) is 4.40. The minimum absolute atomic E-state index is 0.335. The molecule has 0 aliphatic rings. The number of hydrogen-bond acceptors (Lipinski definition) is 3. The monoisotopic (exact) mass is 282 g/mol. The molecule has 0 amide bonds. The van der Waals surface area contributed by atoms with E-state index in [1.54, 1.807) is 20.1 Å². The Bertz CT molecular complexity index is 644. The molecule has 0 aliphatic heterocycles. The highest BCUT2D eigenvalue weighted by atomic mass is 16.5. The van der Waals surface area contributed by atoms with Crippen molar-refractivity contribution in [1.82, 2.24) is 0 Å². The number of ether oxygens (including phenoxy) is 2. The van der Waals surface area contributed by atoms with Crippen molar-refractivity contribution in [3.05, 3.63) is 60.2 Å². The van der Waals surface area contributed by atoms with Gasteiger partial charge in [0.15, 0.2) is 0 Å². The Morgan fingerprint density at radius 3 is 2.71 bits per heavy atom. The van der Waals surface area contributed by atoms with Gasteiger partial charge in [-0.15, -0.1) is 0 Å². The molecule has 2 aromatic carbocycles. The zero-order chi connectivity index (χ0) is 15.1. The molecule has 0 aromatic heterocycles. The van der Waals surface area contributed by atoms with Crippen LogP contribution in [0.5, 0.6) is 5.75 Å². The van der Waals surface area contributed by atoms with Gasteiger partial charge in [-0.25, -0.2) is 4.79 Å². The van der Waals surface area contributed by atoms with E-state index in [0.717, 1.165) is 22.4 Å². The lowest BCUT2D eigenvalue weighted by Gasteiger charge is -2.08. The summed E-state index contributed by atoms with van der Waals surface area (Å²) in [6, 6.07) is 15.7. The van der Waals surface area contributed by atoms with Crippen LogP contribution in [0.25, 0.3) is 17.2 Å². The summed E-state index contributed by atoms with van der Waals surface area (Å²) >= 11 is 0. The second kappa shape index (κ2) is 7.29. The van der Waals surface area contributed by atoms with E-state index >= 15 is 0 Å². The van der Waals surface area contributed by atoms with Crippen molar-refractivity contribution in [3.8, 4) is 16.9 Å². The molecule has 2 rings (SSSR count). The summed E-state index contributed by atoms with van der Waals surface area (Å²) in [5.41, 5.74) is 3.04. The first-order valence-corrected chi connectivity index (χ1v) is 6.83. The van der Waals surface area contributed by atoms with Gasteiger partial charge < -0.3 is 9.47 Å². The summed E-state index contributed by atoms with van der Waals surface area (Å²) in [7, 11) is 1.64. The zero-order valence-electron chi connectivity index (χ0n) is 12.2. The largest absolute Gasteiger partial charge is 0.497 e. The van der Waals surface area contributed by atoms with Crippen molar-refractivity contribution in [3.63, 3.8) is 0 Å². The summed E-state index contributed by atoms with van der Waals surface area (Å²) in [5, 5.41) is 0. The molecule has 21 heavy (non-hydrogen) atoms. The fraction of sp³-hybridized carbons (Fsp3) is 0.167. The summed E-state index contributed by atoms with van der Waals surface area (Å²) in [6.07, 6.45) is 3.22. The third-order valence-electron chi connectivity index (χ3n) is 3.03. The van der Waals surface area contributed by atoms with E-state index in [0.29, 0.717) is 6.61 Å². The molecule has 3 heteroatoms. The number of methoxy groups -OCH3 is 1. The Morgan fingerprint density at radius 2 is 1.95 bits per heavy atom. The van der Waals surface area contributed by atoms with Gasteiger partial charge in [0, 0.05) is 6.08 Å². The lowest BCUT2D eigenvalue weighted by atomic mass is 9.99. The molecular weight excluding hydrogens is 264 g/mol. The molecule has 3 nitrogen and oxygen atoms in total. The van der Waals surface area contributed by atoms with Crippen LogP contribution in [0, 0.1) is 0 Å². The molecule has 0 bridgehead atoms. The van der Waals surface area contributed by atoms with E-state index < -0.39 is 0 Å². The first-order valence-electron chi connectivity index (χ1n) is 6.83. The fourth-order valence-corrected chi connectivity index (χ4v) is 2.04. The lowest BCUT2D eigenvalue weighted by molar-refractivity contribution is -0.137. The molecule has 0 N–H and O–H groups in total. The molecular formula is C18H18O3. The van der Waals surface area contributed by atoms with Crippen LogP contribution < -0.4 is 4.74 Å². The van der Waals surface area contributed by atoms with Gasteiger partial charge in [-0.3, -0.25) is 0 Å². The Morgan fingerprint density at radius 1 is 1.14 bits per heavy atom. The van der Waals surface area contributed by atoms with E-state index in [1.165, 1.54) is 6.08 Å². The van der Waals surface area contributed by atoms with Gasteiger partial charge in [0.1, 0.15) is 5.75 Å². The van der Waals surface area contributed by atoms with Crippen molar-refractivity contribution in [1.29, 1.82) is 0 Å². The van der Waals surface area contributed by atoms with Crippen LogP contribution in [-0.2, 0) is 9.53 Å². The van der Waals surface area contributed by atoms with E-state index in [-0.39, 0.29) is 5.97 Å². The SMILES string of the molecule is CCOC(=O)/C=C/c1ccccc1-c1cccc(OC)c1. The third kappa shape index (κ3) is 3.96. The van der Waals surface area contributed by atoms with E-state index in [2.05, 4.69) is 0 Å². The zero-order valence-corrected chi connectivity index (χ0v) is 12.2. The molecule has 0 saturated carbocycles.